The van der Waals surface area contributed by atoms with Crippen molar-refractivity contribution < 1.29 is 9.21 Å². The number of rotatable bonds is 4. The van der Waals surface area contributed by atoms with E-state index in [1.165, 1.54) is 11.8 Å². The molecule has 6 nitrogen and oxygen atoms in total. The van der Waals surface area contributed by atoms with E-state index < -0.39 is 0 Å². The molecular formula is C28H27N3O3. The third-order valence-corrected chi connectivity index (χ3v) is 6.31. The van der Waals surface area contributed by atoms with Crippen LogP contribution in [0.4, 0.5) is 11.4 Å². The van der Waals surface area contributed by atoms with Gasteiger partial charge in [-0.05, 0) is 62.5 Å². The van der Waals surface area contributed by atoms with Gasteiger partial charge in [0, 0.05) is 54.7 Å². The van der Waals surface area contributed by atoms with E-state index in [2.05, 4.69) is 22.2 Å². The van der Waals surface area contributed by atoms with Crippen molar-refractivity contribution in [2.75, 3.05) is 43.4 Å². The summed E-state index contributed by atoms with van der Waals surface area (Å²) in [5, 5.41) is 3.52. The summed E-state index contributed by atoms with van der Waals surface area (Å²) in [4.78, 5) is 29.9. The molecule has 0 saturated carbocycles. The Kier molecular flexibility index (Phi) is 5.90. The number of amides is 1. The van der Waals surface area contributed by atoms with Crippen LogP contribution in [-0.2, 0) is 0 Å². The van der Waals surface area contributed by atoms with Crippen LogP contribution in [0.5, 0.6) is 0 Å². The first-order chi connectivity index (χ1) is 16.5. The van der Waals surface area contributed by atoms with E-state index in [-0.39, 0.29) is 11.3 Å². The van der Waals surface area contributed by atoms with Gasteiger partial charge < -0.3 is 19.5 Å². The van der Waals surface area contributed by atoms with Crippen molar-refractivity contribution in [3.8, 4) is 11.3 Å². The number of fused-ring (bicyclic) bond motifs is 1. The molecule has 4 aromatic rings. The van der Waals surface area contributed by atoms with Gasteiger partial charge in [-0.1, -0.05) is 23.8 Å². The van der Waals surface area contributed by atoms with E-state index in [0.29, 0.717) is 22.3 Å². The molecule has 1 amide bonds. The van der Waals surface area contributed by atoms with Crippen LogP contribution in [0.15, 0.2) is 82.0 Å². The number of anilines is 2. The number of likely N-dealkylation sites (N-methyl/N-ethyl adjacent to an activating group) is 1. The van der Waals surface area contributed by atoms with Gasteiger partial charge in [-0.3, -0.25) is 9.59 Å². The highest BCUT2D eigenvalue weighted by Gasteiger charge is 2.14. The molecule has 1 aliphatic heterocycles. The molecule has 3 aromatic carbocycles. The van der Waals surface area contributed by atoms with Gasteiger partial charge in [0.1, 0.15) is 11.3 Å². The molecular weight excluding hydrogens is 426 g/mol. The normalized spacial score (nSPS) is 14.4. The molecule has 0 atom stereocenters. The Labute approximate surface area is 198 Å². The van der Waals surface area contributed by atoms with Gasteiger partial charge in [0.2, 0.25) is 0 Å². The fourth-order valence-corrected chi connectivity index (χ4v) is 4.22. The summed E-state index contributed by atoms with van der Waals surface area (Å²) < 4.78 is 5.94. The van der Waals surface area contributed by atoms with Crippen molar-refractivity contribution in [3.63, 3.8) is 0 Å². The number of aryl methyl sites for hydroxylation is 1. The summed E-state index contributed by atoms with van der Waals surface area (Å²) >= 11 is 0. The van der Waals surface area contributed by atoms with Crippen LogP contribution in [0.1, 0.15) is 15.9 Å². The number of carbonyl (C=O) groups is 1. The van der Waals surface area contributed by atoms with Crippen LogP contribution in [0.3, 0.4) is 0 Å². The quantitative estimate of drug-likeness (QED) is 0.482. The van der Waals surface area contributed by atoms with E-state index >= 15 is 0 Å². The number of nitrogens with zero attached hydrogens (tertiary/aromatic N) is 2. The van der Waals surface area contributed by atoms with E-state index in [9.17, 15) is 9.59 Å². The second-order valence-corrected chi connectivity index (χ2v) is 8.84. The maximum atomic E-state index is 12.7. The van der Waals surface area contributed by atoms with Crippen molar-refractivity contribution in [2.45, 2.75) is 6.92 Å². The number of benzene rings is 3. The van der Waals surface area contributed by atoms with Crippen LogP contribution < -0.4 is 15.6 Å². The highest BCUT2D eigenvalue weighted by Crippen LogP contribution is 2.24. The summed E-state index contributed by atoms with van der Waals surface area (Å²) in [7, 11) is 2.14. The highest BCUT2D eigenvalue weighted by atomic mass is 16.3. The predicted molar refractivity (Wildman–Crippen MR) is 137 cm³/mol. The maximum Gasteiger partial charge on any atom is 0.255 e. The largest absolute Gasteiger partial charge is 0.456 e. The average Bonchev–Trinajstić information content (AvgIpc) is 2.85. The first-order valence-electron chi connectivity index (χ1n) is 11.5. The maximum absolute atomic E-state index is 12.7. The Morgan fingerprint density at radius 1 is 0.882 bits per heavy atom. The van der Waals surface area contributed by atoms with Crippen LogP contribution in [0.25, 0.3) is 22.3 Å². The molecule has 1 aromatic heterocycles. The van der Waals surface area contributed by atoms with Gasteiger partial charge in [-0.25, -0.2) is 0 Å². The SMILES string of the molecule is Cc1ccc2oc(-c3ccc(C(=O)Nc4ccc(N5CCN(C)CC5)cc4)cc3)cc(=O)c2c1. The zero-order chi connectivity index (χ0) is 23.7. The molecule has 0 spiro atoms. The topological polar surface area (TPSA) is 65.8 Å². The summed E-state index contributed by atoms with van der Waals surface area (Å²) in [5.74, 6) is 0.294. The Morgan fingerprint density at radius 2 is 1.59 bits per heavy atom. The first-order valence-corrected chi connectivity index (χ1v) is 11.5. The van der Waals surface area contributed by atoms with Gasteiger partial charge in [-0.15, -0.1) is 0 Å². The van der Waals surface area contributed by atoms with Crippen molar-refractivity contribution >= 4 is 28.3 Å². The van der Waals surface area contributed by atoms with Crippen molar-refractivity contribution in [3.05, 3.63) is 94.1 Å². The van der Waals surface area contributed by atoms with Gasteiger partial charge in [0.05, 0.1) is 5.39 Å². The van der Waals surface area contributed by atoms with Crippen LogP contribution in [0.2, 0.25) is 0 Å². The second-order valence-electron chi connectivity index (χ2n) is 8.84. The minimum atomic E-state index is -0.186. The van der Waals surface area contributed by atoms with Gasteiger partial charge in [0.25, 0.3) is 5.91 Å². The van der Waals surface area contributed by atoms with Crippen molar-refractivity contribution in [1.82, 2.24) is 4.90 Å². The molecule has 5 rings (SSSR count). The van der Waals surface area contributed by atoms with Crippen LogP contribution >= 0.6 is 0 Å². The highest BCUT2D eigenvalue weighted by molar-refractivity contribution is 6.04. The summed E-state index contributed by atoms with van der Waals surface area (Å²) in [6.07, 6.45) is 0. The Hall–Kier alpha value is -3.90. The zero-order valence-corrected chi connectivity index (χ0v) is 19.4. The standard InChI is InChI=1S/C28H27N3O3/c1-19-3-12-26-24(17-19)25(32)18-27(34-26)20-4-6-21(7-5-20)28(33)29-22-8-10-23(11-9-22)31-15-13-30(2)14-16-31/h3-12,17-18H,13-16H2,1-2H3,(H,29,33). The molecule has 1 N–H and O–H groups in total. The lowest BCUT2D eigenvalue weighted by molar-refractivity contribution is 0.102. The third kappa shape index (κ3) is 4.58. The molecule has 6 heteroatoms. The monoisotopic (exact) mass is 453 g/mol. The number of carbonyl (C=O) groups excluding carboxylic acids is 1. The van der Waals surface area contributed by atoms with E-state index in [1.807, 2.05) is 49.4 Å². The van der Waals surface area contributed by atoms with Gasteiger partial charge in [0.15, 0.2) is 5.43 Å². The number of piperazine rings is 1. The fraction of sp³-hybridized carbons (Fsp3) is 0.214. The summed E-state index contributed by atoms with van der Waals surface area (Å²) in [5.41, 5.74) is 4.68. The molecule has 1 saturated heterocycles. The molecule has 1 aliphatic rings. The van der Waals surface area contributed by atoms with Crippen molar-refractivity contribution in [2.24, 2.45) is 0 Å². The average molecular weight is 454 g/mol. The van der Waals surface area contributed by atoms with E-state index in [0.717, 1.165) is 43.0 Å². The Morgan fingerprint density at radius 3 is 2.29 bits per heavy atom. The van der Waals surface area contributed by atoms with Gasteiger partial charge >= 0.3 is 0 Å². The van der Waals surface area contributed by atoms with Crippen LogP contribution in [-0.4, -0.2) is 44.0 Å². The number of hydrogen-bond donors (Lipinski definition) is 1. The van der Waals surface area contributed by atoms with Crippen molar-refractivity contribution in [1.29, 1.82) is 0 Å². The lowest BCUT2D eigenvalue weighted by Gasteiger charge is -2.34. The predicted octanol–water partition coefficient (Wildman–Crippen LogP) is 4.77. The molecule has 0 aliphatic carbocycles. The lowest BCUT2D eigenvalue weighted by Crippen LogP contribution is -2.44. The smallest absolute Gasteiger partial charge is 0.255 e. The number of nitrogens with one attached hydrogen (secondary N) is 1. The van der Waals surface area contributed by atoms with Gasteiger partial charge in [-0.2, -0.15) is 0 Å². The molecule has 172 valence electrons. The van der Waals surface area contributed by atoms with Crippen LogP contribution in [0, 0.1) is 6.92 Å². The second kappa shape index (κ2) is 9.15. The Balaban J connectivity index is 1.28. The minimum absolute atomic E-state index is 0.0817. The lowest BCUT2D eigenvalue weighted by atomic mass is 10.1. The van der Waals surface area contributed by atoms with E-state index in [4.69, 9.17) is 4.42 Å². The first kappa shape index (κ1) is 21.9. The summed E-state index contributed by atoms with van der Waals surface area (Å²) in [6, 6.07) is 22.1. The molecule has 2 heterocycles. The molecule has 34 heavy (non-hydrogen) atoms. The molecule has 0 radical (unpaired) electrons. The minimum Gasteiger partial charge on any atom is -0.456 e. The molecule has 1 fully saturated rings. The summed E-state index contributed by atoms with van der Waals surface area (Å²) in [6.45, 7) is 6.06. The molecule has 0 bridgehead atoms. The Bertz CT molecular complexity index is 1380. The molecule has 0 unspecified atom stereocenters. The fourth-order valence-electron chi connectivity index (χ4n) is 4.22. The zero-order valence-electron chi connectivity index (χ0n) is 19.4. The number of hydrogen-bond acceptors (Lipinski definition) is 5. The van der Waals surface area contributed by atoms with E-state index in [1.54, 1.807) is 24.3 Å². The third-order valence-electron chi connectivity index (χ3n) is 6.31.